The number of ether oxygens (including phenoxy) is 1. The molecule has 0 aliphatic heterocycles. The number of amides is 1. The smallest absolute Gasteiger partial charge is 0.265 e. The third-order valence-electron chi connectivity index (χ3n) is 2.68. The summed E-state index contributed by atoms with van der Waals surface area (Å²) < 4.78 is 5.50. The lowest BCUT2D eigenvalue weighted by molar-refractivity contribution is -0.122. The van der Waals surface area contributed by atoms with Crippen LogP contribution in [0.25, 0.3) is 0 Å². The van der Waals surface area contributed by atoms with Gasteiger partial charge in [-0.25, -0.2) is 0 Å². The Morgan fingerprint density at radius 2 is 1.85 bits per heavy atom. The quantitative estimate of drug-likeness (QED) is 0.758. The van der Waals surface area contributed by atoms with Crippen molar-refractivity contribution in [3.05, 3.63) is 48.5 Å². The second kappa shape index (κ2) is 6.34. The molecule has 2 rings (SSSR count). The van der Waals surface area contributed by atoms with E-state index in [1.54, 1.807) is 31.2 Å². The Morgan fingerprint density at radius 3 is 2.50 bits per heavy atom. The maximum absolute atomic E-state index is 12.0. The van der Waals surface area contributed by atoms with Crippen molar-refractivity contribution in [1.82, 2.24) is 0 Å². The Kier molecular flexibility index (Phi) is 4.53. The first kappa shape index (κ1) is 14.3. The third-order valence-corrected chi connectivity index (χ3v) is 3.07. The fourth-order valence-corrected chi connectivity index (χ4v) is 1.81. The van der Waals surface area contributed by atoms with Gasteiger partial charge in [-0.3, -0.25) is 4.79 Å². The molecule has 104 valence electrons. The third kappa shape index (κ3) is 3.68. The molecule has 0 aliphatic rings. The van der Waals surface area contributed by atoms with Crippen molar-refractivity contribution < 1.29 is 14.6 Å². The minimum absolute atomic E-state index is 0.151. The number of phenolic OH excluding ortho intramolecular Hbond substituents is 1. The summed E-state index contributed by atoms with van der Waals surface area (Å²) in [5, 5.41) is 11.9. The maximum Gasteiger partial charge on any atom is 0.265 e. The van der Waals surface area contributed by atoms with Gasteiger partial charge in [0.15, 0.2) is 6.10 Å². The highest BCUT2D eigenvalue weighted by atomic mass is 32.1. The van der Waals surface area contributed by atoms with Crippen LogP contribution in [-0.4, -0.2) is 17.1 Å². The molecule has 4 nitrogen and oxygen atoms in total. The van der Waals surface area contributed by atoms with Gasteiger partial charge in [-0.1, -0.05) is 12.1 Å². The zero-order chi connectivity index (χ0) is 14.5. The van der Waals surface area contributed by atoms with Crippen molar-refractivity contribution in [3.63, 3.8) is 0 Å². The highest BCUT2D eigenvalue weighted by molar-refractivity contribution is 7.80. The van der Waals surface area contributed by atoms with Crippen LogP contribution in [0.1, 0.15) is 6.92 Å². The Labute approximate surface area is 122 Å². The van der Waals surface area contributed by atoms with Gasteiger partial charge in [0.25, 0.3) is 5.91 Å². The number of aromatic hydroxyl groups is 1. The van der Waals surface area contributed by atoms with Crippen LogP contribution >= 0.6 is 12.6 Å². The molecule has 0 saturated heterocycles. The fraction of sp³-hybridized carbons (Fsp3) is 0.133. The second-order valence-electron chi connectivity index (χ2n) is 4.26. The molecule has 2 N–H and O–H groups in total. The topological polar surface area (TPSA) is 58.6 Å². The molecule has 0 aromatic heterocycles. The molecule has 2 aromatic carbocycles. The molecule has 1 amide bonds. The number of rotatable bonds is 4. The van der Waals surface area contributed by atoms with Crippen LogP contribution < -0.4 is 10.1 Å². The van der Waals surface area contributed by atoms with Crippen molar-refractivity contribution in [3.8, 4) is 11.5 Å². The van der Waals surface area contributed by atoms with Gasteiger partial charge in [-0.15, -0.1) is 12.6 Å². The predicted molar refractivity (Wildman–Crippen MR) is 80.5 cm³/mol. The van der Waals surface area contributed by atoms with Crippen molar-refractivity contribution in [2.24, 2.45) is 0 Å². The number of hydrogen-bond acceptors (Lipinski definition) is 4. The van der Waals surface area contributed by atoms with E-state index in [-0.39, 0.29) is 11.7 Å². The summed E-state index contributed by atoms with van der Waals surface area (Å²) in [5.74, 6) is 0.405. The highest BCUT2D eigenvalue weighted by Crippen LogP contribution is 2.20. The molecule has 20 heavy (non-hydrogen) atoms. The monoisotopic (exact) mass is 289 g/mol. The van der Waals surface area contributed by atoms with Crippen LogP contribution in [0.5, 0.6) is 11.5 Å². The lowest BCUT2D eigenvalue weighted by atomic mass is 10.3. The number of hydrogen-bond donors (Lipinski definition) is 3. The van der Waals surface area contributed by atoms with Gasteiger partial charge < -0.3 is 15.2 Å². The molecule has 0 heterocycles. The molecule has 0 spiro atoms. The average molecular weight is 289 g/mol. The Bertz CT molecular complexity index is 598. The lowest BCUT2D eigenvalue weighted by Gasteiger charge is -2.15. The maximum atomic E-state index is 12.0. The van der Waals surface area contributed by atoms with Gasteiger partial charge >= 0.3 is 0 Å². The molecule has 1 atom stereocenters. The van der Waals surface area contributed by atoms with Gasteiger partial charge in [0.2, 0.25) is 0 Å². The molecule has 5 heteroatoms. The predicted octanol–water partition coefficient (Wildman–Crippen LogP) is 3.09. The van der Waals surface area contributed by atoms with Crippen LogP contribution in [0.2, 0.25) is 0 Å². The standard InChI is InChI=1S/C15H15NO3S/c1-10(19-12-8-6-11(17)7-9-12)15(18)16-13-4-2-3-5-14(13)20/h2-10,17,20H,1H3,(H,16,18). The number of anilines is 1. The first-order valence-corrected chi connectivity index (χ1v) is 6.55. The summed E-state index contributed by atoms with van der Waals surface area (Å²) in [6.45, 7) is 1.66. The number of phenols is 1. The van der Waals surface area contributed by atoms with Crippen LogP contribution in [0.15, 0.2) is 53.4 Å². The average Bonchev–Trinajstić information content (AvgIpc) is 2.44. The number of carbonyl (C=O) groups excluding carboxylic acids is 1. The van der Waals surface area contributed by atoms with Crippen molar-refractivity contribution in [1.29, 1.82) is 0 Å². The van der Waals surface area contributed by atoms with E-state index >= 15 is 0 Å². The molecule has 1 unspecified atom stereocenters. The lowest BCUT2D eigenvalue weighted by Crippen LogP contribution is -2.30. The molecular formula is C15H15NO3S. The molecule has 2 aromatic rings. The van der Waals surface area contributed by atoms with E-state index in [1.165, 1.54) is 12.1 Å². The Balaban J connectivity index is 1.99. The molecular weight excluding hydrogens is 274 g/mol. The Morgan fingerprint density at radius 1 is 1.20 bits per heavy atom. The van der Waals surface area contributed by atoms with E-state index < -0.39 is 6.10 Å². The molecule has 0 fully saturated rings. The van der Waals surface area contributed by atoms with Crippen LogP contribution in [0, 0.1) is 0 Å². The SMILES string of the molecule is CC(Oc1ccc(O)cc1)C(=O)Nc1ccccc1S. The minimum atomic E-state index is -0.660. The van der Waals surface area contributed by atoms with Crippen LogP contribution in [0.3, 0.4) is 0 Å². The van der Waals surface area contributed by atoms with E-state index in [0.29, 0.717) is 16.3 Å². The molecule has 0 aliphatic carbocycles. The van der Waals surface area contributed by atoms with E-state index in [4.69, 9.17) is 4.74 Å². The number of para-hydroxylation sites is 1. The van der Waals surface area contributed by atoms with Crippen molar-refractivity contribution in [2.45, 2.75) is 17.9 Å². The number of nitrogens with one attached hydrogen (secondary N) is 1. The molecule has 0 bridgehead atoms. The van der Waals surface area contributed by atoms with Crippen molar-refractivity contribution in [2.75, 3.05) is 5.32 Å². The van der Waals surface area contributed by atoms with Gasteiger partial charge in [0, 0.05) is 4.90 Å². The van der Waals surface area contributed by atoms with Gasteiger partial charge in [0.1, 0.15) is 11.5 Å². The minimum Gasteiger partial charge on any atom is -0.508 e. The summed E-state index contributed by atoms with van der Waals surface area (Å²) in [6, 6.07) is 13.4. The van der Waals surface area contributed by atoms with Gasteiger partial charge in [-0.2, -0.15) is 0 Å². The molecule has 0 saturated carbocycles. The fourth-order valence-electron chi connectivity index (χ4n) is 1.60. The number of carbonyl (C=O) groups is 1. The van der Waals surface area contributed by atoms with Gasteiger partial charge in [0.05, 0.1) is 5.69 Å². The summed E-state index contributed by atoms with van der Waals surface area (Å²) in [4.78, 5) is 12.7. The van der Waals surface area contributed by atoms with Crippen LogP contribution in [0.4, 0.5) is 5.69 Å². The zero-order valence-electron chi connectivity index (χ0n) is 10.9. The summed E-state index contributed by atoms with van der Waals surface area (Å²) in [6.07, 6.45) is -0.660. The molecule has 0 radical (unpaired) electrons. The summed E-state index contributed by atoms with van der Waals surface area (Å²) in [7, 11) is 0. The highest BCUT2D eigenvalue weighted by Gasteiger charge is 2.15. The first-order chi connectivity index (χ1) is 9.56. The van der Waals surface area contributed by atoms with E-state index in [1.807, 2.05) is 12.1 Å². The van der Waals surface area contributed by atoms with E-state index in [2.05, 4.69) is 17.9 Å². The number of thiol groups is 1. The van der Waals surface area contributed by atoms with Crippen molar-refractivity contribution >= 4 is 24.2 Å². The largest absolute Gasteiger partial charge is 0.508 e. The normalized spacial score (nSPS) is 11.7. The Hall–Kier alpha value is -2.14. The summed E-state index contributed by atoms with van der Waals surface area (Å²) >= 11 is 4.27. The second-order valence-corrected chi connectivity index (χ2v) is 4.74. The number of benzene rings is 2. The first-order valence-electron chi connectivity index (χ1n) is 6.11. The van der Waals surface area contributed by atoms with E-state index in [9.17, 15) is 9.90 Å². The van der Waals surface area contributed by atoms with E-state index in [0.717, 1.165) is 0 Å². The van der Waals surface area contributed by atoms with Gasteiger partial charge in [-0.05, 0) is 43.3 Å². The zero-order valence-corrected chi connectivity index (χ0v) is 11.8. The summed E-state index contributed by atoms with van der Waals surface area (Å²) in [5.41, 5.74) is 0.641. The van der Waals surface area contributed by atoms with Crippen LogP contribution in [-0.2, 0) is 4.79 Å².